The first-order valence-corrected chi connectivity index (χ1v) is 11.0. The number of carbonyl (C=O) groups is 1. The second kappa shape index (κ2) is 8.80. The number of sulfonamides is 1. The van der Waals surface area contributed by atoms with Crippen LogP contribution in [0, 0.1) is 10.1 Å². The molecule has 0 saturated carbocycles. The van der Waals surface area contributed by atoms with Crippen LogP contribution < -0.4 is 10.2 Å². The number of anilines is 2. The molecule has 1 N–H and O–H groups in total. The Labute approximate surface area is 175 Å². The molecule has 0 atom stereocenters. The third-order valence-corrected chi connectivity index (χ3v) is 6.85. The monoisotopic (exact) mass is 432 g/mol. The lowest BCUT2D eigenvalue weighted by molar-refractivity contribution is -0.384. The predicted molar refractivity (Wildman–Crippen MR) is 114 cm³/mol. The second-order valence-electron chi connectivity index (χ2n) is 7.27. The number of non-ortho nitro benzene ring substituents is 1. The lowest BCUT2D eigenvalue weighted by Crippen LogP contribution is -2.31. The minimum absolute atomic E-state index is 0.106. The molecule has 9 nitrogen and oxygen atoms in total. The number of amides is 1. The van der Waals surface area contributed by atoms with Crippen molar-refractivity contribution in [3.63, 3.8) is 0 Å². The summed E-state index contributed by atoms with van der Waals surface area (Å²) < 4.78 is 25.5. The molecule has 0 aromatic heterocycles. The zero-order valence-corrected chi connectivity index (χ0v) is 17.7. The molecule has 1 saturated heterocycles. The van der Waals surface area contributed by atoms with Crippen LogP contribution in [0.5, 0.6) is 0 Å². The van der Waals surface area contributed by atoms with Crippen LogP contribution in [0.2, 0.25) is 0 Å². The van der Waals surface area contributed by atoms with Crippen LogP contribution in [-0.4, -0.2) is 50.7 Å². The van der Waals surface area contributed by atoms with Crippen LogP contribution >= 0.6 is 0 Å². The van der Waals surface area contributed by atoms with Crippen molar-refractivity contribution >= 4 is 33.0 Å². The number of nitro groups is 1. The summed E-state index contributed by atoms with van der Waals surface area (Å²) in [7, 11) is -0.692. The summed E-state index contributed by atoms with van der Waals surface area (Å²) in [6, 6.07) is 10.1. The average molecular weight is 433 g/mol. The lowest BCUT2D eigenvalue weighted by atomic mass is 10.1. The van der Waals surface area contributed by atoms with E-state index in [1.54, 1.807) is 6.07 Å². The molecule has 0 aliphatic carbocycles. The predicted octanol–water partition coefficient (Wildman–Crippen LogP) is 3.09. The Morgan fingerprint density at radius 1 is 1.07 bits per heavy atom. The van der Waals surface area contributed by atoms with Crippen LogP contribution in [0.25, 0.3) is 0 Å². The number of nitrogens with one attached hydrogen (secondary N) is 1. The van der Waals surface area contributed by atoms with Crippen molar-refractivity contribution in [1.82, 2.24) is 4.31 Å². The largest absolute Gasteiger partial charge is 0.371 e. The van der Waals surface area contributed by atoms with Gasteiger partial charge in [-0.15, -0.1) is 0 Å². The summed E-state index contributed by atoms with van der Waals surface area (Å²) in [5, 5.41) is 13.9. The van der Waals surface area contributed by atoms with Crippen molar-refractivity contribution in [2.24, 2.45) is 0 Å². The van der Waals surface area contributed by atoms with E-state index in [1.165, 1.54) is 50.5 Å². The zero-order chi connectivity index (χ0) is 21.9. The van der Waals surface area contributed by atoms with Crippen molar-refractivity contribution in [2.45, 2.75) is 24.2 Å². The quantitative estimate of drug-likeness (QED) is 0.554. The number of nitro benzene ring substituents is 1. The van der Waals surface area contributed by atoms with E-state index in [-0.39, 0.29) is 16.1 Å². The van der Waals surface area contributed by atoms with Crippen molar-refractivity contribution in [3.05, 3.63) is 58.1 Å². The van der Waals surface area contributed by atoms with E-state index in [9.17, 15) is 23.3 Å². The maximum absolute atomic E-state index is 13.0. The van der Waals surface area contributed by atoms with E-state index in [0.29, 0.717) is 11.4 Å². The van der Waals surface area contributed by atoms with Crippen LogP contribution in [0.3, 0.4) is 0 Å². The van der Waals surface area contributed by atoms with Gasteiger partial charge in [-0.1, -0.05) is 0 Å². The second-order valence-corrected chi connectivity index (χ2v) is 9.42. The fourth-order valence-corrected chi connectivity index (χ4v) is 4.25. The molecule has 0 bridgehead atoms. The Bertz CT molecular complexity index is 1050. The highest BCUT2D eigenvalue weighted by Crippen LogP contribution is 2.29. The van der Waals surface area contributed by atoms with Gasteiger partial charge in [-0.25, -0.2) is 12.7 Å². The first-order chi connectivity index (χ1) is 14.2. The average Bonchev–Trinajstić information content (AvgIpc) is 2.74. The summed E-state index contributed by atoms with van der Waals surface area (Å²) in [5.74, 6) is -0.484. The number of rotatable bonds is 6. The van der Waals surface area contributed by atoms with Crippen molar-refractivity contribution in [2.75, 3.05) is 37.4 Å². The van der Waals surface area contributed by atoms with Gasteiger partial charge in [0.1, 0.15) is 0 Å². The minimum Gasteiger partial charge on any atom is -0.371 e. The smallest absolute Gasteiger partial charge is 0.270 e. The molecule has 10 heteroatoms. The van der Waals surface area contributed by atoms with Crippen molar-refractivity contribution in [1.29, 1.82) is 0 Å². The molecule has 1 amide bonds. The summed E-state index contributed by atoms with van der Waals surface area (Å²) in [5.41, 5.74) is 1.11. The molecule has 30 heavy (non-hydrogen) atoms. The molecule has 2 aromatic rings. The van der Waals surface area contributed by atoms with Gasteiger partial charge in [0.15, 0.2) is 0 Å². The maximum atomic E-state index is 13.0. The van der Waals surface area contributed by atoms with E-state index in [0.717, 1.165) is 36.7 Å². The Morgan fingerprint density at radius 3 is 2.27 bits per heavy atom. The Balaban J connectivity index is 1.88. The lowest BCUT2D eigenvalue weighted by Gasteiger charge is -2.30. The molecular formula is C20H24N4O5S. The first kappa shape index (κ1) is 21.7. The van der Waals surface area contributed by atoms with Gasteiger partial charge in [-0.2, -0.15) is 0 Å². The van der Waals surface area contributed by atoms with Crippen LogP contribution in [0.4, 0.5) is 17.1 Å². The Kier molecular flexibility index (Phi) is 6.37. The van der Waals surface area contributed by atoms with E-state index >= 15 is 0 Å². The van der Waals surface area contributed by atoms with E-state index in [1.807, 2.05) is 0 Å². The molecule has 0 spiro atoms. The number of benzene rings is 2. The summed E-state index contributed by atoms with van der Waals surface area (Å²) in [4.78, 5) is 25.8. The fraction of sp³-hybridized carbons (Fsp3) is 0.350. The number of nitrogens with zero attached hydrogens (tertiary/aromatic N) is 3. The third-order valence-electron chi connectivity index (χ3n) is 5.02. The van der Waals surface area contributed by atoms with Gasteiger partial charge in [-0.05, 0) is 49.6 Å². The van der Waals surface area contributed by atoms with Gasteiger partial charge < -0.3 is 10.2 Å². The Morgan fingerprint density at radius 2 is 1.70 bits per heavy atom. The van der Waals surface area contributed by atoms with Gasteiger partial charge in [0, 0.05) is 45.0 Å². The van der Waals surface area contributed by atoms with Gasteiger partial charge in [0.25, 0.3) is 11.6 Å². The third kappa shape index (κ3) is 4.60. The van der Waals surface area contributed by atoms with Gasteiger partial charge in [0.2, 0.25) is 10.0 Å². The molecule has 0 unspecified atom stereocenters. The van der Waals surface area contributed by atoms with Crippen LogP contribution in [0.15, 0.2) is 47.4 Å². The van der Waals surface area contributed by atoms with Gasteiger partial charge in [-0.3, -0.25) is 14.9 Å². The van der Waals surface area contributed by atoms with Gasteiger partial charge >= 0.3 is 0 Å². The standard InChI is InChI=1S/C20H24N4O5S/c1-22(2)30(28,29)17-9-6-15(7-10-17)21-20(25)18-14-16(24(26)27)8-11-19(18)23-12-4-3-5-13-23/h6-11,14H,3-5,12-13H2,1-2H3,(H,21,25). The zero-order valence-electron chi connectivity index (χ0n) is 16.9. The minimum atomic E-state index is -3.57. The number of carbonyl (C=O) groups excluding carboxylic acids is 1. The number of piperidine rings is 1. The molecule has 0 radical (unpaired) electrons. The van der Waals surface area contributed by atoms with E-state index < -0.39 is 20.9 Å². The van der Waals surface area contributed by atoms with E-state index in [2.05, 4.69) is 10.2 Å². The molecule has 1 aliphatic rings. The molecule has 160 valence electrons. The molecule has 3 rings (SSSR count). The maximum Gasteiger partial charge on any atom is 0.270 e. The highest BCUT2D eigenvalue weighted by molar-refractivity contribution is 7.89. The van der Waals surface area contributed by atoms with Crippen molar-refractivity contribution < 1.29 is 18.1 Å². The normalized spacial score (nSPS) is 14.6. The number of hydrogen-bond donors (Lipinski definition) is 1. The molecular weight excluding hydrogens is 408 g/mol. The number of hydrogen-bond acceptors (Lipinski definition) is 6. The van der Waals surface area contributed by atoms with Crippen LogP contribution in [-0.2, 0) is 10.0 Å². The van der Waals surface area contributed by atoms with Crippen LogP contribution in [0.1, 0.15) is 29.6 Å². The summed E-state index contributed by atoms with van der Waals surface area (Å²) >= 11 is 0. The molecule has 1 fully saturated rings. The summed E-state index contributed by atoms with van der Waals surface area (Å²) in [6.45, 7) is 1.57. The highest BCUT2D eigenvalue weighted by Gasteiger charge is 2.22. The fourth-order valence-electron chi connectivity index (χ4n) is 3.35. The topological polar surface area (TPSA) is 113 Å². The molecule has 2 aromatic carbocycles. The first-order valence-electron chi connectivity index (χ1n) is 9.57. The highest BCUT2D eigenvalue weighted by atomic mass is 32.2. The van der Waals surface area contributed by atoms with E-state index in [4.69, 9.17) is 0 Å². The summed E-state index contributed by atoms with van der Waals surface area (Å²) in [6.07, 6.45) is 3.12. The molecule has 1 aliphatic heterocycles. The SMILES string of the molecule is CN(C)S(=O)(=O)c1ccc(NC(=O)c2cc([N+](=O)[O-])ccc2N2CCCCC2)cc1. The van der Waals surface area contributed by atoms with Gasteiger partial charge in [0.05, 0.1) is 21.1 Å². The van der Waals surface area contributed by atoms with Crippen molar-refractivity contribution in [3.8, 4) is 0 Å². The molecule has 1 heterocycles. The Hall–Kier alpha value is -2.98.